The van der Waals surface area contributed by atoms with Crippen molar-refractivity contribution in [2.75, 3.05) is 0 Å². The Labute approximate surface area is 74.4 Å². The van der Waals surface area contributed by atoms with Crippen LogP contribution in [0.2, 0.25) is 0 Å². The van der Waals surface area contributed by atoms with Gasteiger partial charge < -0.3 is 5.73 Å². The Bertz CT molecular complexity index is 462. The Kier molecular flexibility index (Phi) is 1.66. The predicted octanol–water partition coefficient (Wildman–Crippen LogP) is 0.729. The van der Waals surface area contributed by atoms with Crippen LogP contribution in [0.4, 0.5) is 0 Å². The van der Waals surface area contributed by atoms with Gasteiger partial charge in [-0.2, -0.15) is 0 Å². The molecule has 2 heterocycles. The average Bonchev–Trinajstić information content (AvgIpc) is 2.17. The summed E-state index contributed by atoms with van der Waals surface area (Å²) < 4.78 is 0. The highest BCUT2D eigenvalue weighted by Gasteiger charge is 2.05. The van der Waals surface area contributed by atoms with E-state index < -0.39 is 5.91 Å². The molecule has 2 N–H and O–H groups in total. The van der Waals surface area contributed by atoms with Crippen LogP contribution in [-0.2, 0) is 0 Å². The molecule has 0 saturated carbocycles. The fraction of sp³-hybridized carbons (Fsp3) is 0. The van der Waals surface area contributed by atoms with E-state index in [-0.39, 0.29) is 0 Å². The molecule has 0 fully saturated rings. The second-order valence-electron chi connectivity index (χ2n) is 2.65. The van der Waals surface area contributed by atoms with Crippen molar-refractivity contribution in [2.24, 2.45) is 5.73 Å². The summed E-state index contributed by atoms with van der Waals surface area (Å²) >= 11 is 0. The number of hydrogen-bond donors (Lipinski definition) is 1. The highest BCUT2D eigenvalue weighted by molar-refractivity contribution is 6.05. The Hall–Kier alpha value is -1.97. The normalized spacial score (nSPS) is 10.2. The molecule has 0 bridgehead atoms. The molecule has 0 aliphatic carbocycles. The standard InChI is InChI=1S/C9H7N3O/c10-9(13)8-5-12-4-6-3-11-2-1-7(6)8/h1-5H,(H2,10,13). The minimum atomic E-state index is -0.468. The Morgan fingerprint density at radius 1 is 1.23 bits per heavy atom. The quantitative estimate of drug-likeness (QED) is 0.691. The first-order valence-electron chi connectivity index (χ1n) is 3.76. The molecule has 1 amide bonds. The van der Waals surface area contributed by atoms with Gasteiger partial charge in [-0.05, 0) is 6.07 Å². The SMILES string of the molecule is NC(=O)c1cncc2cnccc12. The van der Waals surface area contributed by atoms with Crippen LogP contribution in [0.5, 0.6) is 0 Å². The van der Waals surface area contributed by atoms with Gasteiger partial charge in [0.25, 0.3) is 5.91 Å². The van der Waals surface area contributed by atoms with Crippen LogP contribution in [0.15, 0.2) is 30.9 Å². The molecule has 64 valence electrons. The van der Waals surface area contributed by atoms with Crippen molar-refractivity contribution >= 4 is 16.7 Å². The fourth-order valence-corrected chi connectivity index (χ4v) is 1.21. The van der Waals surface area contributed by atoms with Crippen molar-refractivity contribution in [2.45, 2.75) is 0 Å². The Balaban J connectivity index is 2.83. The van der Waals surface area contributed by atoms with Gasteiger partial charge in [0.1, 0.15) is 0 Å². The van der Waals surface area contributed by atoms with Crippen LogP contribution in [-0.4, -0.2) is 15.9 Å². The fourth-order valence-electron chi connectivity index (χ4n) is 1.21. The lowest BCUT2D eigenvalue weighted by molar-refractivity contribution is 0.100. The lowest BCUT2D eigenvalue weighted by Crippen LogP contribution is -2.11. The summed E-state index contributed by atoms with van der Waals surface area (Å²) in [7, 11) is 0. The first-order chi connectivity index (χ1) is 6.29. The first-order valence-corrected chi connectivity index (χ1v) is 3.76. The molecule has 0 unspecified atom stereocenters. The molecule has 0 atom stereocenters. The maximum atomic E-state index is 11.0. The average molecular weight is 173 g/mol. The molecular formula is C9H7N3O. The number of carbonyl (C=O) groups excluding carboxylic acids is 1. The number of rotatable bonds is 1. The molecule has 4 nitrogen and oxygen atoms in total. The van der Waals surface area contributed by atoms with Crippen molar-refractivity contribution in [3.8, 4) is 0 Å². The van der Waals surface area contributed by atoms with Gasteiger partial charge in [-0.3, -0.25) is 14.8 Å². The maximum absolute atomic E-state index is 11.0. The van der Waals surface area contributed by atoms with E-state index in [4.69, 9.17) is 5.73 Å². The van der Waals surface area contributed by atoms with Crippen LogP contribution in [0.1, 0.15) is 10.4 Å². The minimum Gasteiger partial charge on any atom is -0.366 e. The summed E-state index contributed by atoms with van der Waals surface area (Å²) in [6.45, 7) is 0. The van der Waals surface area contributed by atoms with Gasteiger partial charge in [0.2, 0.25) is 0 Å². The van der Waals surface area contributed by atoms with Crippen LogP contribution in [0.25, 0.3) is 10.8 Å². The predicted molar refractivity (Wildman–Crippen MR) is 48.1 cm³/mol. The van der Waals surface area contributed by atoms with E-state index in [0.717, 1.165) is 10.8 Å². The van der Waals surface area contributed by atoms with E-state index in [1.165, 1.54) is 6.20 Å². The number of pyridine rings is 2. The third-order valence-corrected chi connectivity index (χ3v) is 1.82. The Morgan fingerprint density at radius 3 is 2.77 bits per heavy atom. The van der Waals surface area contributed by atoms with Gasteiger partial charge >= 0.3 is 0 Å². The maximum Gasteiger partial charge on any atom is 0.250 e. The van der Waals surface area contributed by atoms with Crippen LogP contribution < -0.4 is 5.73 Å². The number of amides is 1. The molecule has 0 spiro atoms. The molecule has 0 saturated heterocycles. The van der Waals surface area contributed by atoms with E-state index in [1.807, 2.05) is 0 Å². The van der Waals surface area contributed by atoms with Crippen molar-refractivity contribution in [1.29, 1.82) is 0 Å². The zero-order valence-corrected chi connectivity index (χ0v) is 6.77. The van der Waals surface area contributed by atoms with Crippen LogP contribution >= 0.6 is 0 Å². The number of aromatic nitrogens is 2. The van der Waals surface area contributed by atoms with E-state index in [9.17, 15) is 4.79 Å². The summed E-state index contributed by atoms with van der Waals surface area (Å²) in [5.74, 6) is -0.468. The third-order valence-electron chi connectivity index (χ3n) is 1.82. The second kappa shape index (κ2) is 2.82. The van der Waals surface area contributed by atoms with Gasteiger partial charge in [-0.1, -0.05) is 0 Å². The number of primary amides is 1. The van der Waals surface area contributed by atoms with E-state index in [0.29, 0.717) is 5.56 Å². The van der Waals surface area contributed by atoms with E-state index in [1.54, 1.807) is 24.7 Å². The summed E-state index contributed by atoms with van der Waals surface area (Å²) in [6.07, 6.45) is 6.38. The first kappa shape index (κ1) is 7.67. The summed E-state index contributed by atoms with van der Waals surface area (Å²) in [4.78, 5) is 18.8. The molecule has 13 heavy (non-hydrogen) atoms. The van der Waals surface area contributed by atoms with E-state index in [2.05, 4.69) is 9.97 Å². The molecule has 0 aliphatic heterocycles. The number of hydrogen-bond acceptors (Lipinski definition) is 3. The van der Waals surface area contributed by atoms with Gasteiger partial charge in [-0.25, -0.2) is 0 Å². The van der Waals surface area contributed by atoms with Crippen molar-refractivity contribution in [3.05, 3.63) is 36.4 Å². The van der Waals surface area contributed by atoms with Gasteiger partial charge in [-0.15, -0.1) is 0 Å². The minimum absolute atomic E-state index is 0.430. The van der Waals surface area contributed by atoms with Crippen molar-refractivity contribution in [3.63, 3.8) is 0 Å². The van der Waals surface area contributed by atoms with Gasteiger partial charge in [0.05, 0.1) is 5.56 Å². The number of carbonyl (C=O) groups is 1. The van der Waals surface area contributed by atoms with Gasteiger partial charge in [0.15, 0.2) is 0 Å². The number of fused-ring (bicyclic) bond motifs is 1. The smallest absolute Gasteiger partial charge is 0.250 e. The monoisotopic (exact) mass is 173 g/mol. The van der Waals surface area contributed by atoms with Crippen molar-refractivity contribution < 1.29 is 4.79 Å². The molecule has 2 rings (SSSR count). The van der Waals surface area contributed by atoms with Crippen LogP contribution in [0, 0.1) is 0 Å². The number of nitrogens with two attached hydrogens (primary N) is 1. The highest BCUT2D eigenvalue weighted by Crippen LogP contribution is 2.14. The Morgan fingerprint density at radius 2 is 2.00 bits per heavy atom. The van der Waals surface area contributed by atoms with E-state index >= 15 is 0 Å². The van der Waals surface area contributed by atoms with Crippen LogP contribution in [0.3, 0.4) is 0 Å². The molecule has 2 aromatic rings. The molecule has 2 aromatic heterocycles. The largest absolute Gasteiger partial charge is 0.366 e. The zero-order chi connectivity index (χ0) is 9.26. The summed E-state index contributed by atoms with van der Waals surface area (Å²) in [6, 6.07) is 1.75. The lowest BCUT2D eigenvalue weighted by atomic mass is 10.1. The molecule has 0 aliphatic rings. The summed E-state index contributed by atoms with van der Waals surface area (Å²) in [5, 5.41) is 1.61. The number of nitrogens with zero attached hydrogens (tertiary/aromatic N) is 2. The molecule has 4 heteroatoms. The molecule has 0 aromatic carbocycles. The van der Waals surface area contributed by atoms with Gasteiger partial charge in [0, 0.05) is 35.6 Å². The third kappa shape index (κ3) is 1.22. The second-order valence-corrected chi connectivity index (χ2v) is 2.65. The molecule has 0 radical (unpaired) electrons. The highest BCUT2D eigenvalue weighted by atomic mass is 16.1. The summed E-state index contributed by atoms with van der Waals surface area (Å²) in [5.41, 5.74) is 5.61. The topological polar surface area (TPSA) is 68.9 Å². The zero-order valence-electron chi connectivity index (χ0n) is 6.77. The lowest BCUT2D eigenvalue weighted by Gasteiger charge is -1.99. The molecular weight excluding hydrogens is 166 g/mol. The van der Waals surface area contributed by atoms with Crippen molar-refractivity contribution in [1.82, 2.24) is 9.97 Å².